The van der Waals surface area contributed by atoms with E-state index in [0.717, 1.165) is 17.1 Å². The molecular formula is C15H24N4O4S. The second-order valence-corrected chi connectivity index (χ2v) is 7.73. The van der Waals surface area contributed by atoms with E-state index in [-0.39, 0.29) is 12.1 Å². The molecule has 1 aliphatic heterocycles. The van der Waals surface area contributed by atoms with Gasteiger partial charge in [0.05, 0.1) is 18.3 Å². The molecule has 0 saturated carbocycles. The van der Waals surface area contributed by atoms with Crippen LogP contribution >= 0.6 is 0 Å². The summed E-state index contributed by atoms with van der Waals surface area (Å²) < 4.78 is 32.4. The quantitative estimate of drug-likeness (QED) is 0.809. The van der Waals surface area contributed by atoms with Gasteiger partial charge < -0.3 is 15.0 Å². The van der Waals surface area contributed by atoms with E-state index < -0.39 is 10.2 Å². The number of urea groups is 1. The van der Waals surface area contributed by atoms with Crippen LogP contribution in [-0.2, 0) is 14.9 Å². The van der Waals surface area contributed by atoms with E-state index in [0.29, 0.717) is 24.5 Å². The molecule has 0 aromatic heterocycles. The summed E-state index contributed by atoms with van der Waals surface area (Å²) in [4.78, 5) is 14.2. The molecule has 0 radical (unpaired) electrons. The molecule has 24 heavy (non-hydrogen) atoms. The molecule has 1 aliphatic rings. The van der Waals surface area contributed by atoms with Crippen LogP contribution in [0.4, 0.5) is 16.2 Å². The average molecular weight is 356 g/mol. The topological polar surface area (TPSA) is 91.0 Å². The summed E-state index contributed by atoms with van der Waals surface area (Å²) >= 11 is 0. The Morgan fingerprint density at radius 2 is 2.08 bits per heavy atom. The largest absolute Gasteiger partial charge is 0.383 e. The van der Waals surface area contributed by atoms with Crippen LogP contribution < -0.4 is 10.0 Å². The summed E-state index contributed by atoms with van der Waals surface area (Å²) in [6.45, 7) is 1.20. The van der Waals surface area contributed by atoms with Gasteiger partial charge in [-0.2, -0.15) is 12.7 Å². The van der Waals surface area contributed by atoms with E-state index in [1.54, 1.807) is 36.3 Å². The Balaban J connectivity index is 2.05. The van der Waals surface area contributed by atoms with E-state index in [2.05, 4.69) is 10.0 Å². The summed E-state index contributed by atoms with van der Waals surface area (Å²) in [7, 11) is 0.919. The van der Waals surface area contributed by atoms with Crippen LogP contribution in [-0.4, -0.2) is 64.1 Å². The van der Waals surface area contributed by atoms with Crippen LogP contribution in [0.1, 0.15) is 12.8 Å². The van der Waals surface area contributed by atoms with Gasteiger partial charge in [-0.3, -0.25) is 4.72 Å². The first-order valence-electron chi connectivity index (χ1n) is 7.70. The smallest absolute Gasteiger partial charge is 0.322 e. The summed E-state index contributed by atoms with van der Waals surface area (Å²) in [5, 5.41) is 2.81. The fraction of sp³-hybridized carbons (Fsp3) is 0.533. The van der Waals surface area contributed by atoms with Crippen LogP contribution in [0.3, 0.4) is 0 Å². The van der Waals surface area contributed by atoms with Gasteiger partial charge in [0, 0.05) is 33.4 Å². The van der Waals surface area contributed by atoms with E-state index in [1.807, 2.05) is 0 Å². The van der Waals surface area contributed by atoms with E-state index in [4.69, 9.17) is 4.74 Å². The maximum Gasteiger partial charge on any atom is 0.322 e. The second-order valence-electron chi connectivity index (χ2n) is 5.85. The van der Waals surface area contributed by atoms with E-state index in [9.17, 15) is 13.2 Å². The van der Waals surface area contributed by atoms with Gasteiger partial charge in [-0.1, -0.05) is 6.07 Å². The zero-order valence-corrected chi connectivity index (χ0v) is 15.0. The molecule has 2 N–H and O–H groups in total. The molecule has 2 amide bonds. The third-order valence-electron chi connectivity index (χ3n) is 3.84. The molecule has 1 heterocycles. The number of carbonyl (C=O) groups excluding carboxylic acids is 1. The minimum absolute atomic E-state index is 0.0745. The molecule has 8 nitrogen and oxygen atoms in total. The number of carbonyl (C=O) groups is 1. The van der Waals surface area contributed by atoms with Gasteiger partial charge in [0.2, 0.25) is 0 Å². The first-order chi connectivity index (χ1) is 11.3. The van der Waals surface area contributed by atoms with Crippen LogP contribution in [0, 0.1) is 0 Å². The van der Waals surface area contributed by atoms with E-state index >= 15 is 0 Å². The molecule has 1 atom stereocenters. The van der Waals surface area contributed by atoms with Crippen LogP contribution in [0.5, 0.6) is 0 Å². The highest BCUT2D eigenvalue weighted by atomic mass is 32.2. The molecule has 1 aromatic carbocycles. The number of benzene rings is 1. The molecule has 134 valence electrons. The molecule has 9 heteroatoms. The third kappa shape index (κ3) is 4.59. The van der Waals surface area contributed by atoms with Gasteiger partial charge in [0.15, 0.2) is 0 Å². The maximum absolute atomic E-state index is 12.4. The first-order valence-corrected chi connectivity index (χ1v) is 9.14. The van der Waals surface area contributed by atoms with Crippen molar-refractivity contribution in [3.8, 4) is 0 Å². The number of ether oxygens (including phenoxy) is 1. The van der Waals surface area contributed by atoms with Crippen molar-refractivity contribution in [3.05, 3.63) is 24.3 Å². The lowest BCUT2D eigenvalue weighted by Crippen LogP contribution is -2.40. The number of nitrogens with one attached hydrogen (secondary N) is 2. The lowest BCUT2D eigenvalue weighted by Gasteiger charge is -2.24. The summed E-state index contributed by atoms with van der Waals surface area (Å²) in [6.07, 6.45) is 1.87. The van der Waals surface area contributed by atoms with Crippen molar-refractivity contribution in [3.63, 3.8) is 0 Å². The highest BCUT2D eigenvalue weighted by Crippen LogP contribution is 2.21. The normalized spacial score (nSPS) is 18.0. The maximum atomic E-state index is 12.4. The van der Waals surface area contributed by atoms with Crippen molar-refractivity contribution < 1.29 is 17.9 Å². The van der Waals surface area contributed by atoms with Crippen molar-refractivity contribution in [1.82, 2.24) is 9.21 Å². The predicted molar refractivity (Wildman–Crippen MR) is 93.3 cm³/mol. The van der Waals surface area contributed by atoms with Crippen molar-refractivity contribution in [2.24, 2.45) is 0 Å². The number of hydrogen-bond acceptors (Lipinski definition) is 4. The van der Waals surface area contributed by atoms with Gasteiger partial charge in [-0.05, 0) is 31.0 Å². The van der Waals surface area contributed by atoms with Gasteiger partial charge in [-0.15, -0.1) is 0 Å². The van der Waals surface area contributed by atoms with Crippen molar-refractivity contribution in [2.45, 2.75) is 18.9 Å². The van der Waals surface area contributed by atoms with Gasteiger partial charge in [0.1, 0.15) is 0 Å². The Morgan fingerprint density at radius 1 is 1.38 bits per heavy atom. The average Bonchev–Trinajstić information content (AvgIpc) is 2.95. The third-order valence-corrected chi connectivity index (χ3v) is 5.29. The SMILES string of the molecule is COCC1CCCN1C(=O)Nc1cccc(NS(=O)(=O)N(C)C)c1. The second kappa shape index (κ2) is 7.82. The molecule has 0 bridgehead atoms. The highest BCUT2D eigenvalue weighted by Gasteiger charge is 2.28. The Labute approximate surface area is 143 Å². The minimum atomic E-state index is -3.58. The molecule has 2 rings (SSSR count). The van der Waals surface area contributed by atoms with Gasteiger partial charge in [-0.25, -0.2) is 4.79 Å². The number of nitrogens with zero attached hydrogens (tertiary/aromatic N) is 2. The fourth-order valence-corrected chi connectivity index (χ4v) is 3.17. The number of anilines is 2. The van der Waals surface area contributed by atoms with E-state index in [1.165, 1.54) is 14.1 Å². The summed E-state index contributed by atoms with van der Waals surface area (Å²) in [5.41, 5.74) is 0.915. The monoisotopic (exact) mass is 356 g/mol. The molecule has 1 unspecified atom stereocenters. The van der Waals surface area contributed by atoms with Crippen molar-refractivity contribution in [2.75, 3.05) is 44.4 Å². The Morgan fingerprint density at radius 3 is 2.75 bits per heavy atom. The minimum Gasteiger partial charge on any atom is -0.383 e. The van der Waals surface area contributed by atoms with Crippen molar-refractivity contribution in [1.29, 1.82) is 0 Å². The van der Waals surface area contributed by atoms with Crippen LogP contribution in [0.15, 0.2) is 24.3 Å². The molecule has 1 fully saturated rings. The molecule has 1 saturated heterocycles. The zero-order chi connectivity index (χ0) is 17.7. The first kappa shape index (κ1) is 18.5. The molecule has 0 aliphatic carbocycles. The highest BCUT2D eigenvalue weighted by molar-refractivity contribution is 7.90. The zero-order valence-electron chi connectivity index (χ0n) is 14.2. The Kier molecular flexibility index (Phi) is 6.03. The van der Waals surface area contributed by atoms with Gasteiger partial charge >= 0.3 is 16.2 Å². The number of methoxy groups -OCH3 is 1. The summed E-state index contributed by atoms with van der Waals surface area (Å²) in [6, 6.07) is 6.47. The number of rotatable bonds is 6. The van der Waals surface area contributed by atoms with Crippen molar-refractivity contribution >= 4 is 27.6 Å². The van der Waals surface area contributed by atoms with Gasteiger partial charge in [0.25, 0.3) is 0 Å². The molecular weight excluding hydrogens is 332 g/mol. The standard InChI is InChI=1S/C15H24N4O4S/c1-18(2)24(21,22)17-13-7-4-6-12(10-13)16-15(20)19-9-5-8-14(19)11-23-3/h4,6-7,10,14,17H,5,8-9,11H2,1-3H3,(H,16,20). The Bertz CT molecular complexity index is 678. The molecule has 1 aromatic rings. The lowest BCUT2D eigenvalue weighted by atomic mass is 10.2. The number of amides is 2. The number of likely N-dealkylation sites (tertiary alicyclic amines) is 1. The predicted octanol–water partition coefficient (Wildman–Crippen LogP) is 1.55. The molecule has 0 spiro atoms. The Hall–Kier alpha value is -1.84. The fourth-order valence-electron chi connectivity index (χ4n) is 2.56. The lowest BCUT2D eigenvalue weighted by molar-refractivity contribution is 0.128. The summed E-state index contributed by atoms with van der Waals surface area (Å²) in [5.74, 6) is 0. The number of hydrogen-bond donors (Lipinski definition) is 2. The van der Waals surface area contributed by atoms with Crippen LogP contribution in [0.25, 0.3) is 0 Å². The van der Waals surface area contributed by atoms with Crippen LogP contribution in [0.2, 0.25) is 0 Å².